The van der Waals surface area contributed by atoms with Gasteiger partial charge in [0.1, 0.15) is 10.7 Å². The second kappa shape index (κ2) is 7.91. The van der Waals surface area contributed by atoms with Crippen molar-refractivity contribution >= 4 is 21.3 Å². The minimum Gasteiger partial charge on any atom is -0.382 e. The highest BCUT2D eigenvalue weighted by Crippen LogP contribution is 2.49. The Morgan fingerprint density at radius 3 is 2.32 bits per heavy atom. The van der Waals surface area contributed by atoms with Crippen LogP contribution in [0.15, 0.2) is 59.8 Å². The van der Waals surface area contributed by atoms with Gasteiger partial charge in [-0.3, -0.25) is 4.98 Å². The Kier molecular flexibility index (Phi) is 4.95. The van der Waals surface area contributed by atoms with Crippen molar-refractivity contribution in [2.75, 3.05) is 12.0 Å². The Bertz CT molecular complexity index is 1470. The van der Waals surface area contributed by atoms with E-state index in [1.165, 1.54) is 30.0 Å². The van der Waals surface area contributed by atoms with E-state index in [0.717, 1.165) is 35.2 Å². The van der Waals surface area contributed by atoms with E-state index in [1.54, 1.807) is 6.20 Å². The van der Waals surface area contributed by atoms with E-state index >= 15 is 0 Å². The summed E-state index contributed by atoms with van der Waals surface area (Å²) in [4.78, 5) is 9.73. The summed E-state index contributed by atoms with van der Waals surface area (Å²) < 4.78 is 27.1. The number of nitrogens with zero attached hydrogens (tertiary/aromatic N) is 4. The third-order valence-electron chi connectivity index (χ3n) is 7.45. The Balaban J connectivity index is 1.48. The van der Waals surface area contributed by atoms with Gasteiger partial charge in [0.15, 0.2) is 15.5 Å². The smallest absolute Gasteiger partial charge is 0.180 e. The molecule has 3 aromatic heterocycles. The average Bonchev–Trinajstić information content (AvgIpc) is 3.41. The lowest BCUT2D eigenvalue weighted by molar-refractivity contribution is 0.313. The van der Waals surface area contributed by atoms with Crippen molar-refractivity contribution in [3.8, 4) is 22.4 Å². The van der Waals surface area contributed by atoms with Crippen molar-refractivity contribution in [3.63, 3.8) is 0 Å². The minimum absolute atomic E-state index is 0.101. The van der Waals surface area contributed by atoms with Gasteiger partial charge in [-0.15, -0.1) is 0 Å². The molecule has 174 valence electrons. The van der Waals surface area contributed by atoms with Crippen LogP contribution in [0.25, 0.3) is 28.0 Å². The molecule has 2 bridgehead atoms. The van der Waals surface area contributed by atoms with Gasteiger partial charge in [-0.2, -0.15) is 9.61 Å². The molecular weight excluding hydrogens is 446 g/mol. The van der Waals surface area contributed by atoms with Crippen molar-refractivity contribution in [1.82, 2.24) is 19.6 Å². The van der Waals surface area contributed by atoms with Gasteiger partial charge >= 0.3 is 0 Å². The lowest BCUT2D eigenvalue weighted by Crippen LogP contribution is -2.21. The van der Waals surface area contributed by atoms with Crippen LogP contribution in [0.1, 0.15) is 43.7 Å². The molecule has 0 saturated heterocycles. The van der Waals surface area contributed by atoms with Crippen molar-refractivity contribution in [1.29, 1.82) is 0 Å². The summed E-state index contributed by atoms with van der Waals surface area (Å²) in [6.45, 7) is 0. The van der Waals surface area contributed by atoms with Gasteiger partial charge in [0.2, 0.25) is 0 Å². The first kappa shape index (κ1) is 21.3. The molecule has 2 aliphatic rings. The summed E-state index contributed by atoms with van der Waals surface area (Å²) in [7, 11) is -3.57. The highest BCUT2D eigenvalue weighted by atomic mass is 32.2. The molecule has 1 aromatic carbocycles. The van der Waals surface area contributed by atoms with Crippen LogP contribution < -0.4 is 5.73 Å². The monoisotopic (exact) mass is 473 g/mol. The number of benzene rings is 1. The molecule has 6 rings (SSSR count). The molecule has 8 heteroatoms. The first-order valence-electron chi connectivity index (χ1n) is 11.8. The van der Waals surface area contributed by atoms with E-state index in [4.69, 9.17) is 10.7 Å². The molecule has 3 atom stereocenters. The predicted octanol–water partition coefficient (Wildman–Crippen LogP) is 4.74. The quantitative estimate of drug-likeness (QED) is 0.459. The molecule has 1 unspecified atom stereocenters. The first-order chi connectivity index (χ1) is 16.4. The topological polar surface area (TPSA) is 103 Å². The third-order valence-corrected chi connectivity index (χ3v) is 8.61. The Hall–Kier alpha value is -3.26. The zero-order valence-corrected chi connectivity index (χ0v) is 19.9. The van der Waals surface area contributed by atoms with Crippen LogP contribution in [-0.4, -0.2) is 34.3 Å². The number of hydrogen-bond acceptors (Lipinski definition) is 6. The second-order valence-corrected chi connectivity index (χ2v) is 11.7. The number of nitrogens with two attached hydrogens (primary N) is 1. The average molecular weight is 474 g/mol. The maximum Gasteiger partial charge on any atom is 0.180 e. The number of hydrogen-bond donors (Lipinski definition) is 1. The maximum absolute atomic E-state index is 12.8. The molecule has 2 aliphatic carbocycles. The zero-order valence-electron chi connectivity index (χ0n) is 19.1. The summed E-state index contributed by atoms with van der Waals surface area (Å²) in [5.74, 6) is 1.54. The molecule has 3 heterocycles. The van der Waals surface area contributed by atoms with Gasteiger partial charge in [0.25, 0.3) is 0 Å². The summed E-state index contributed by atoms with van der Waals surface area (Å²) in [5.41, 5.74) is 11.2. The highest BCUT2D eigenvalue weighted by Gasteiger charge is 2.38. The van der Waals surface area contributed by atoms with E-state index in [2.05, 4.69) is 10.1 Å². The Labute approximate surface area is 199 Å². The number of fused-ring (bicyclic) bond motifs is 3. The van der Waals surface area contributed by atoms with Crippen LogP contribution in [0.5, 0.6) is 0 Å². The highest BCUT2D eigenvalue weighted by molar-refractivity contribution is 7.91. The summed E-state index contributed by atoms with van der Waals surface area (Å²) in [6.07, 6.45) is 10.4. The first-order valence-corrected chi connectivity index (χ1v) is 13.7. The lowest BCUT2D eigenvalue weighted by atomic mass is 9.79. The third kappa shape index (κ3) is 3.57. The van der Waals surface area contributed by atoms with Gasteiger partial charge in [0.05, 0.1) is 17.6 Å². The van der Waals surface area contributed by atoms with E-state index in [-0.39, 0.29) is 16.6 Å². The molecule has 0 amide bonds. The van der Waals surface area contributed by atoms with Gasteiger partial charge in [-0.05, 0) is 37.2 Å². The zero-order chi connectivity index (χ0) is 23.4. The fourth-order valence-corrected chi connectivity index (χ4v) is 7.00. The number of sulfone groups is 1. The van der Waals surface area contributed by atoms with E-state index < -0.39 is 9.84 Å². The number of pyridine rings is 1. The standard InChI is InChI=1S/C26H27N5O2S/c1-34(32,33)24-23(20-12-16-7-8-17(11-16)13-20)30-26-21(15-29-31(26)25(24)27)19-9-10-22(28-14-19)18-5-3-2-4-6-18/h2-6,9-10,14-17,20H,7-8,11-13,27H2,1H3/t16-,17+,20?. The molecule has 7 nitrogen and oxygen atoms in total. The SMILES string of the molecule is CS(=O)(=O)c1c(C2C[C@H]3CC[C@@H](C2)C3)nc2c(-c3ccc(-c4ccccc4)nc3)cnn2c1N. The minimum atomic E-state index is -3.57. The van der Waals surface area contributed by atoms with Crippen molar-refractivity contribution < 1.29 is 8.42 Å². The molecule has 0 aliphatic heterocycles. The number of aromatic nitrogens is 4. The largest absolute Gasteiger partial charge is 0.382 e. The number of anilines is 1. The second-order valence-electron chi connectivity index (χ2n) is 9.79. The fourth-order valence-electron chi connectivity index (χ4n) is 5.94. The van der Waals surface area contributed by atoms with Gasteiger partial charge in [-0.1, -0.05) is 49.2 Å². The Morgan fingerprint density at radius 1 is 0.941 bits per heavy atom. The predicted molar refractivity (Wildman–Crippen MR) is 132 cm³/mol. The summed E-state index contributed by atoms with van der Waals surface area (Å²) in [5, 5.41) is 4.41. The molecule has 4 aromatic rings. The normalized spacial score (nSPS) is 22.3. The number of rotatable bonds is 4. The fraction of sp³-hybridized carbons (Fsp3) is 0.346. The van der Waals surface area contributed by atoms with Crippen LogP contribution in [0.3, 0.4) is 0 Å². The van der Waals surface area contributed by atoms with Crippen molar-refractivity contribution in [2.24, 2.45) is 11.8 Å². The molecule has 2 fully saturated rings. The van der Waals surface area contributed by atoms with Gasteiger partial charge in [-0.25, -0.2) is 13.4 Å². The molecule has 2 saturated carbocycles. The molecule has 2 N–H and O–H groups in total. The summed E-state index contributed by atoms with van der Waals surface area (Å²) in [6, 6.07) is 14.0. The molecular formula is C26H27N5O2S. The van der Waals surface area contributed by atoms with Gasteiger partial charge < -0.3 is 5.73 Å². The molecule has 34 heavy (non-hydrogen) atoms. The van der Waals surface area contributed by atoms with E-state index in [0.29, 0.717) is 23.2 Å². The van der Waals surface area contributed by atoms with Crippen LogP contribution in [-0.2, 0) is 9.84 Å². The van der Waals surface area contributed by atoms with Crippen molar-refractivity contribution in [3.05, 3.63) is 60.6 Å². The van der Waals surface area contributed by atoms with Crippen LogP contribution >= 0.6 is 0 Å². The van der Waals surface area contributed by atoms with Gasteiger partial charge in [0, 0.05) is 35.1 Å². The summed E-state index contributed by atoms with van der Waals surface area (Å²) >= 11 is 0. The molecule has 0 spiro atoms. The molecule has 0 radical (unpaired) electrons. The van der Waals surface area contributed by atoms with Crippen LogP contribution in [0, 0.1) is 11.8 Å². The lowest BCUT2D eigenvalue weighted by Gasteiger charge is -2.28. The Morgan fingerprint density at radius 2 is 1.68 bits per heavy atom. The van der Waals surface area contributed by atoms with E-state index in [1.807, 2.05) is 48.7 Å². The van der Waals surface area contributed by atoms with Crippen LogP contribution in [0.2, 0.25) is 0 Å². The maximum atomic E-state index is 12.8. The van der Waals surface area contributed by atoms with Crippen molar-refractivity contribution in [2.45, 2.75) is 42.9 Å². The number of nitrogen functional groups attached to an aromatic ring is 1. The van der Waals surface area contributed by atoms with E-state index in [9.17, 15) is 8.42 Å². The van der Waals surface area contributed by atoms with Crippen LogP contribution in [0.4, 0.5) is 5.82 Å².